The van der Waals surface area contributed by atoms with Crippen molar-refractivity contribution in [1.29, 1.82) is 0 Å². The molecule has 4 rings (SSSR count). The van der Waals surface area contributed by atoms with E-state index in [2.05, 4.69) is 79.5 Å². The van der Waals surface area contributed by atoms with Gasteiger partial charge in [0.2, 0.25) is 5.95 Å². The molecule has 5 heteroatoms. The first-order valence-corrected chi connectivity index (χ1v) is 9.30. The van der Waals surface area contributed by atoms with E-state index in [0.717, 1.165) is 22.8 Å². The highest BCUT2D eigenvalue weighted by atomic mass is 15.3. The second-order valence-corrected chi connectivity index (χ2v) is 7.16. The Labute approximate surface area is 165 Å². The van der Waals surface area contributed by atoms with Crippen LogP contribution in [0.25, 0.3) is 17.1 Å². The highest BCUT2D eigenvalue weighted by molar-refractivity contribution is 5.62. The molecule has 140 valence electrons. The molecule has 0 unspecified atom stereocenters. The van der Waals surface area contributed by atoms with Crippen LogP contribution in [0.5, 0.6) is 0 Å². The molecule has 1 N–H and O–H groups in total. The zero-order valence-electron chi connectivity index (χ0n) is 16.6. The molecule has 0 saturated carbocycles. The molecule has 0 bridgehead atoms. The van der Waals surface area contributed by atoms with E-state index in [0.29, 0.717) is 5.95 Å². The second-order valence-electron chi connectivity index (χ2n) is 7.16. The summed E-state index contributed by atoms with van der Waals surface area (Å²) in [6.07, 6.45) is 3.56. The van der Waals surface area contributed by atoms with Crippen molar-refractivity contribution in [1.82, 2.24) is 19.7 Å². The smallest absolute Gasteiger partial charge is 0.227 e. The van der Waals surface area contributed by atoms with Crippen LogP contribution in [0.2, 0.25) is 0 Å². The third-order valence-corrected chi connectivity index (χ3v) is 4.77. The first-order valence-electron chi connectivity index (χ1n) is 9.30. The highest BCUT2D eigenvalue weighted by Crippen LogP contribution is 2.24. The van der Waals surface area contributed by atoms with Crippen molar-refractivity contribution in [2.24, 2.45) is 0 Å². The van der Waals surface area contributed by atoms with Crippen molar-refractivity contribution in [3.63, 3.8) is 0 Å². The molecule has 4 aromatic rings. The highest BCUT2D eigenvalue weighted by Gasteiger charge is 2.11. The van der Waals surface area contributed by atoms with Gasteiger partial charge in [0.1, 0.15) is 0 Å². The molecule has 2 aromatic carbocycles. The molecule has 0 spiro atoms. The molecule has 0 fully saturated rings. The maximum absolute atomic E-state index is 4.71. The number of aryl methyl sites for hydroxylation is 4. The number of rotatable bonds is 4. The van der Waals surface area contributed by atoms with E-state index in [1.54, 1.807) is 12.4 Å². The lowest BCUT2D eigenvalue weighted by molar-refractivity contribution is 0.881. The fourth-order valence-electron chi connectivity index (χ4n) is 3.30. The third kappa shape index (κ3) is 3.64. The topological polar surface area (TPSA) is 55.6 Å². The van der Waals surface area contributed by atoms with E-state index >= 15 is 0 Å². The summed E-state index contributed by atoms with van der Waals surface area (Å²) in [5.74, 6) is 0.565. The van der Waals surface area contributed by atoms with E-state index in [9.17, 15) is 0 Å². The van der Waals surface area contributed by atoms with Crippen molar-refractivity contribution < 1.29 is 0 Å². The van der Waals surface area contributed by atoms with Gasteiger partial charge in [-0.1, -0.05) is 12.1 Å². The Morgan fingerprint density at radius 1 is 0.786 bits per heavy atom. The van der Waals surface area contributed by atoms with Gasteiger partial charge in [-0.05, 0) is 86.3 Å². The fourth-order valence-corrected chi connectivity index (χ4v) is 3.30. The average Bonchev–Trinajstić information content (AvgIpc) is 3.13. The zero-order chi connectivity index (χ0) is 19.7. The van der Waals surface area contributed by atoms with Crippen LogP contribution in [0.3, 0.4) is 0 Å². The summed E-state index contributed by atoms with van der Waals surface area (Å²) in [5, 5.41) is 7.82. The summed E-state index contributed by atoms with van der Waals surface area (Å²) in [5.41, 5.74) is 8.64. The van der Waals surface area contributed by atoms with Gasteiger partial charge in [0.05, 0.1) is 23.3 Å². The van der Waals surface area contributed by atoms with Crippen LogP contribution in [-0.4, -0.2) is 19.7 Å². The summed E-state index contributed by atoms with van der Waals surface area (Å²) in [7, 11) is 0. The Morgan fingerprint density at radius 3 is 2.32 bits per heavy atom. The van der Waals surface area contributed by atoms with Gasteiger partial charge in [-0.25, -0.2) is 14.6 Å². The van der Waals surface area contributed by atoms with Gasteiger partial charge in [0, 0.05) is 11.9 Å². The molecule has 0 radical (unpaired) electrons. The van der Waals surface area contributed by atoms with Gasteiger partial charge >= 0.3 is 0 Å². The molecule has 0 aliphatic heterocycles. The molecule has 0 atom stereocenters. The minimum absolute atomic E-state index is 0.565. The largest absolute Gasteiger partial charge is 0.324 e. The Kier molecular flexibility index (Phi) is 4.65. The number of hydrogen-bond acceptors (Lipinski definition) is 4. The van der Waals surface area contributed by atoms with Crippen molar-refractivity contribution in [2.75, 3.05) is 5.32 Å². The maximum atomic E-state index is 4.71. The van der Waals surface area contributed by atoms with Gasteiger partial charge in [0.25, 0.3) is 0 Å². The van der Waals surface area contributed by atoms with E-state index < -0.39 is 0 Å². The number of nitrogens with zero attached hydrogens (tertiary/aromatic N) is 4. The Morgan fingerprint density at radius 2 is 1.57 bits per heavy atom. The molecule has 0 aliphatic rings. The van der Waals surface area contributed by atoms with Crippen molar-refractivity contribution in [3.05, 3.63) is 83.2 Å². The predicted octanol–water partition coefficient (Wildman–Crippen LogP) is 5.31. The van der Waals surface area contributed by atoms with Crippen LogP contribution in [0.4, 0.5) is 11.6 Å². The molecule has 2 aromatic heterocycles. The van der Waals surface area contributed by atoms with E-state index in [1.807, 2.05) is 16.8 Å². The Hall–Kier alpha value is -3.47. The maximum Gasteiger partial charge on any atom is 0.227 e. The first kappa shape index (κ1) is 17.9. The molecule has 0 aliphatic carbocycles. The van der Waals surface area contributed by atoms with E-state index in [-0.39, 0.29) is 0 Å². The van der Waals surface area contributed by atoms with Gasteiger partial charge < -0.3 is 5.32 Å². The van der Waals surface area contributed by atoms with Crippen LogP contribution in [0, 0.1) is 27.7 Å². The Balaban J connectivity index is 1.69. The van der Waals surface area contributed by atoms with Crippen LogP contribution in [0.1, 0.15) is 22.3 Å². The van der Waals surface area contributed by atoms with Gasteiger partial charge in [-0.3, -0.25) is 0 Å². The van der Waals surface area contributed by atoms with Crippen LogP contribution < -0.4 is 5.32 Å². The summed E-state index contributed by atoms with van der Waals surface area (Å²) >= 11 is 0. The Bertz CT molecular complexity index is 1120. The molecule has 5 nitrogen and oxygen atoms in total. The minimum atomic E-state index is 0.565. The zero-order valence-corrected chi connectivity index (χ0v) is 16.6. The summed E-state index contributed by atoms with van der Waals surface area (Å²) in [6.45, 7) is 8.38. The fraction of sp³-hybridized carbons (Fsp3) is 0.174. The minimum Gasteiger partial charge on any atom is -0.324 e. The summed E-state index contributed by atoms with van der Waals surface area (Å²) < 4.78 is 1.91. The number of nitrogens with one attached hydrogen (secondary N) is 1. The predicted molar refractivity (Wildman–Crippen MR) is 113 cm³/mol. The van der Waals surface area contributed by atoms with Gasteiger partial charge in [-0.2, -0.15) is 5.10 Å². The third-order valence-electron chi connectivity index (χ3n) is 4.77. The lowest BCUT2D eigenvalue weighted by atomic mass is 10.1. The summed E-state index contributed by atoms with van der Waals surface area (Å²) in [4.78, 5) is 9.09. The van der Waals surface area contributed by atoms with Crippen molar-refractivity contribution >= 4 is 11.6 Å². The second kappa shape index (κ2) is 7.27. The SMILES string of the molecule is Cc1cc(C)cc(Nc2nccc(-c3ccnn3-c3ccc(C)c(C)c3)n2)c1. The molecular formula is C23H23N5. The van der Waals surface area contributed by atoms with Crippen molar-refractivity contribution in [3.8, 4) is 17.1 Å². The summed E-state index contributed by atoms with van der Waals surface area (Å²) in [6, 6.07) is 16.5. The monoisotopic (exact) mass is 369 g/mol. The average molecular weight is 369 g/mol. The van der Waals surface area contributed by atoms with Crippen LogP contribution >= 0.6 is 0 Å². The van der Waals surface area contributed by atoms with Gasteiger partial charge in [0.15, 0.2) is 0 Å². The van der Waals surface area contributed by atoms with Gasteiger partial charge in [-0.15, -0.1) is 0 Å². The van der Waals surface area contributed by atoms with Crippen molar-refractivity contribution in [2.45, 2.75) is 27.7 Å². The van der Waals surface area contributed by atoms with E-state index in [4.69, 9.17) is 4.98 Å². The number of anilines is 2. The molecule has 0 amide bonds. The normalized spacial score (nSPS) is 10.9. The lowest BCUT2D eigenvalue weighted by Gasteiger charge is -2.11. The molecular weight excluding hydrogens is 346 g/mol. The lowest BCUT2D eigenvalue weighted by Crippen LogP contribution is -2.03. The van der Waals surface area contributed by atoms with E-state index in [1.165, 1.54) is 22.3 Å². The standard InChI is InChI=1S/C23H23N5/c1-15-11-16(2)13-19(12-15)26-23-24-9-7-21(27-23)22-8-10-25-28(22)20-6-5-17(3)18(4)14-20/h5-14H,1-4H3,(H,24,26,27). The number of hydrogen-bond donors (Lipinski definition) is 1. The molecule has 0 saturated heterocycles. The molecule has 28 heavy (non-hydrogen) atoms. The molecule has 2 heterocycles. The first-order chi connectivity index (χ1) is 13.5. The number of aromatic nitrogens is 4. The van der Waals surface area contributed by atoms with Crippen LogP contribution in [0.15, 0.2) is 60.9 Å². The number of benzene rings is 2. The quantitative estimate of drug-likeness (QED) is 0.530. The van der Waals surface area contributed by atoms with Crippen LogP contribution in [-0.2, 0) is 0 Å².